The average molecular weight is 395 g/mol. The summed E-state index contributed by atoms with van der Waals surface area (Å²) in [4.78, 5) is 31.9. The number of amides is 2. The molecule has 1 atom stereocenters. The summed E-state index contributed by atoms with van der Waals surface area (Å²) in [6, 6.07) is 12.0. The number of aromatic nitrogens is 1. The predicted molar refractivity (Wildman–Crippen MR) is 106 cm³/mol. The number of thiophene rings is 1. The lowest BCUT2D eigenvalue weighted by Crippen LogP contribution is -2.32. The molecule has 1 aromatic carbocycles. The second-order valence-corrected chi connectivity index (χ2v) is 7.95. The lowest BCUT2D eigenvalue weighted by Gasteiger charge is -2.16. The first-order valence-corrected chi connectivity index (χ1v) is 10.1. The van der Waals surface area contributed by atoms with Gasteiger partial charge in [0.2, 0.25) is 17.7 Å². The molecule has 3 aromatic rings. The van der Waals surface area contributed by atoms with E-state index in [9.17, 15) is 9.59 Å². The summed E-state index contributed by atoms with van der Waals surface area (Å²) in [5, 5.41) is 4.83. The minimum absolute atomic E-state index is 0.0159. The monoisotopic (exact) mass is 395 g/mol. The zero-order chi connectivity index (χ0) is 19.5. The maximum Gasteiger partial charge on any atom is 0.236 e. The molecule has 0 saturated carbocycles. The van der Waals surface area contributed by atoms with Gasteiger partial charge in [-0.15, -0.1) is 11.3 Å². The quantitative estimate of drug-likeness (QED) is 0.694. The first-order valence-electron chi connectivity index (χ1n) is 9.18. The van der Waals surface area contributed by atoms with E-state index in [1.807, 2.05) is 48.7 Å². The second-order valence-electron chi connectivity index (χ2n) is 7.00. The summed E-state index contributed by atoms with van der Waals surface area (Å²) in [7, 11) is 0. The van der Waals surface area contributed by atoms with Gasteiger partial charge in [0.05, 0.1) is 23.0 Å². The highest BCUT2D eigenvalue weighted by atomic mass is 32.1. The second kappa shape index (κ2) is 7.98. The summed E-state index contributed by atoms with van der Waals surface area (Å²) in [6.45, 7) is 3.30. The van der Waals surface area contributed by atoms with Crippen molar-refractivity contribution in [2.24, 2.45) is 5.92 Å². The summed E-state index contributed by atoms with van der Waals surface area (Å²) in [5.41, 5.74) is 2.92. The van der Waals surface area contributed by atoms with Crippen LogP contribution in [0, 0.1) is 12.8 Å². The van der Waals surface area contributed by atoms with Gasteiger partial charge in [0, 0.05) is 19.5 Å². The van der Waals surface area contributed by atoms with Crippen molar-refractivity contribution in [2.45, 2.75) is 26.4 Å². The van der Waals surface area contributed by atoms with Crippen LogP contribution in [0.25, 0.3) is 10.8 Å². The third kappa shape index (κ3) is 4.14. The molecule has 28 heavy (non-hydrogen) atoms. The van der Waals surface area contributed by atoms with Crippen molar-refractivity contribution in [1.82, 2.24) is 15.2 Å². The summed E-state index contributed by atoms with van der Waals surface area (Å²) >= 11 is 1.55. The molecule has 0 spiro atoms. The van der Waals surface area contributed by atoms with Crippen molar-refractivity contribution in [3.63, 3.8) is 0 Å². The van der Waals surface area contributed by atoms with Crippen LogP contribution < -0.4 is 5.32 Å². The lowest BCUT2D eigenvalue weighted by atomic mass is 10.1. The predicted octanol–water partition coefficient (Wildman–Crippen LogP) is 3.38. The molecule has 0 aliphatic carbocycles. The Balaban J connectivity index is 1.30. The number of hydrogen-bond donors (Lipinski definition) is 1. The Bertz CT molecular complexity index is 963. The van der Waals surface area contributed by atoms with Crippen LogP contribution in [0.15, 0.2) is 52.5 Å². The number of likely N-dealkylation sites (tertiary alicyclic amines) is 1. The van der Waals surface area contributed by atoms with E-state index < -0.39 is 0 Å². The van der Waals surface area contributed by atoms with E-state index in [-0.39, 0.29) is 30.7 Å². The number of rotatable bonds is 6. The number of aryl methyl sites for hydroxylation is 1. The van der Waals surface area contributed by atoms with Crippen LogP contribution in [0.1, 0.15) is 23.2 Å². The summed E-state index contributed by atoms with van der Waals surface area (Å²) in [5.74, 6) is 0.115. The smallest absolute Gasteiger partial charge is 0.236 e. The van der Waals surface area contributed by atoms with Crippen LogP contribution in [0.2, 0.25) is 0 Å². The number of oxazole rings is 1. The molecule has 1 fully saturated rings. The van der Waals surface area contributed by atoms with Crippen LogP contribution in [-0.2, 0) is 22.7 Å². The van der Waals surface area contributed by atoms with Crippen LogP contribution in [0.3, 0.4) is 0 Å². The molecule has 7 heteroatoms. The molecule has 2 aromatic heterocycles. The molecule has 1 aliphatic heterocycles. The largest absolute Gasteiger partial charge is 0.443 e. The molecule has 3 heterocycles. The van der Waals surface area contributed by atoms with Crippen molar-refractivity contribution in [1.29, 1.82) is 0 Å². The Hall–Kier alpha value is -2.93. The highest BCUT2D eigenvalue weighted by Gasteiger charge is 2.34. The number of nitrogens with one attached hydrogen (secondary N) is 1. The zero-order valence-electron chi connectivity index (χ0n) is 15.6. The molecule has 144 valence electrons. The van der Waals surface area contributed by atoms with Crippen molar-refractivity contribution in [3.8, 4) is 10.8 Å². The maximum absolute atomic E-state index is 12.5. The van der Waals surface area contributed by atoms with Crippen LogP contribution >= 0.6 is 11.3 Å². The van der Waals surface area contributed by atoms with Gasteiger partial charge in [-0.25, -0.2) is 4.98 Å². The van der Waals surface area contributed by atoms with Gasteiger partial charge in [0.25, 0.3) is 0 Å². The molecule has 6 nitrogen and oxygen atoms in total. The van der Waals surface area contributed by atoms with E-state index in [0.717, 1.165) is 10.4 Å². The highest BCUT2D eigenvalue weighted by molar-refractivity contribution is 7.13. The van der Waals surface area contributed by atoms with Crippen LogP contribution in [0.4, 0.5) is 0 Å². The number of carbonyl (C=O) groups is 2. The maximum atomic E-state index is 12.5. The normalized spacial score (nSPS) is 16.5. The van der Waals surface area contributed by atoms with E-state index in [1.54, 1.807) is 22.5 Å². The van der Waals surface area contributed by atoms with Crippen LogP contribution in [0.5, 0.6) is 0 Å². The van der Waals surface area contributed by atoms with Gasteiger partial charge >= 0.3 is 0 Å². The zero-order valence-corrected chi connectivity index (χ0v) is 16.4. The van der Waals surface area contributed by atoms with Gasteiger partial charge in [-0.05, 0) is 23.9 Å². The Morgan fingerprint density at radius 1 is 1.32 bits per heavy atom. The summed E-state index contributed by atoms with van der Waals surface area (Å²) < 4.78 is 5.46. The molecule has 1 N–H and O–H groups in total. The molecule has 2 amide bonds. The molecular weight excluding hydrogens is 374 g/mol. The van der Waals surface area contributed by atoms with E-state index in [1.165, 1.54) is 5.56 Å². The van der Waals surface area contributed by atoms with Gasteiger partial charge in [-0.3, -0.25) is 9.59 Å². The van der Waals surface area contributed by atoms with Gasteiger partial charge < -0.3 is 14.6 Å². The Morgan fingerprint density at radius 2 is 2.14 bits per heavy atom. The molecule has 0 bridgehead atoms. The van der Waals surface area contributed by atoms with E-state index in [2.05, 4.69) is 10.3 Å². The third-order valence-electron chi connectivity index (χ3n) is 4.81. The summed E-state index contributed by atoms with van der Waals surface area (Å²) in [6.07, 6.45) is 1.80. The standard InChI is InChI=1S/C21H21N3O3S/c1-14-4-6-15(7-5-14)11-24-12-16(9-19(24)25)20(26)22-10-17-13-27-21(23-17)18-3-2-8-28-18/h2-8,13,16H,9-12H2,1H3,(H,22,26). The molecule has 0 radical (unpaired) electrons. The number of nitrogens with zero attached hydrogens (tertiary/aromatic N) is 2. The van der Waals surface area contributed by atoms with Crippen molar-refractivity contribution < 1.29 is 14.0 Å². The molecule has 1 unspecified atom stereocenters. The van der Waals surface area contributed by atoms with Gasteiger partial charge in [0.1, 0.15) is 6.26 Å². The molecule has 4 rings (SSSR count). The van der Waals surface area contributed by atoms with Gasteiger partial charge in [-0.2, -0.15) is 0 Å². The SMILES string of the molecule is Cc1ccc(CN2CC(C(=O)NCc3coc(-c4cccs4)n3)CC2=O)cc1. The van der Waals surface area contributed by atoms with Crippen molar-refractivity contribution in [3.05, 3.63) is 64.9 Å². The fraction of sp³-hybridized carbons (Fsp3) is 0.286. The number of benzene rings is 1. The molecule has 1 saturated heterocycles. The fourth-order valence-electron chi connectivity index (χ4n) is 3.24. The first kappa shape index (κ1) is 18.4. The van der Waals surface area contributed by atoms with E-state index >= 15 is 0 Å². The van der Waals surface area contributed by atoms with Gasteiger partial charge in [0.15, 0.2) is 0 Å². The van der Waals surface area contributed by atoms with E-state index in [0.29, 0.717) is 24.7 Å². The molecular formula is C21H21N3O3S. The van der Waals surface area contributed by atoms with Crippen molar-refractivity contribution in [2.75, 3.05) is 6.54 Å². The number of carbonyl (C=O) groups excluding carboxylic acids is 2. The number of hydrogen-bond acceptors (Lipinski definition) is 5. The molecule has 1 aliphatic rings. The Kier molecular flexibility index (Phi) is 5.25. The highest BCUT2D eigenvalue weighted by Crippen LogP contribution is 2.24. The lowest BCUT2D eigenvalue weighted by molar-refractivity contribution is -0.129. The van der Waals surface area contributed by atoms with Crippen LogP contribution in [-0.4, -0.2) is 28.2 Å². The first-order chi connectivity index (χ1) is 13.6. The fourth-order valence-corrected chi connectivity index (χ4v) is 3.89. The third-order valence-corrected chi connectivity index (χ3v) is 5.66. The Morgan fingerprint density at radius 3 is 2.89 bits per heavy atom. The minimum atomic E-state index is -0.332. The van der Waals surface area contributed by atoms with Gasteiger partial charge in [-0.1, -0.05) is 35.9 Å². The Labute approximate surface area is 167 Å². The minimum Gasteiger partial charge on any atom is -0.443 e. The van der Waals surface area contributed by atoms with Crippen molar-refractivity contribution >= 4 is 23.2 Å². The topological polar surface area (TPSA) is 75.4 Å². The average Bonchev–Trinajstić information content (AvgIpc) is 3.43. The van der Waals surface area contributed by atoms with E-state index in [4.69, 9.17) is 4.42 Å².